The minimum Gasteiger partial charge on any atom is -0.395 e. The van der Waals surface area contributed by atoms with Gasteiger partial charge >= 0.3 is 0 Å². The Balaban J connectivity index is 2.17. The lowest BCUT2D eigenvalue weighted by atomic mass is 9.82. The average molecular weight is 217 g/mol. The van der Waals surface area contributed by atoms with Crippen LogP contribution < -0.4 is 4.90 Å². The molecule has 4 heteroatoms. The molecule has 1 aromatic rings. The Morgan fingerprint density at radius 1 is 1.56 bits per heavy atom. The van der Waals surface area contributed by atoms with Gasteiger partial charge in [0, 0.05) is 19.3 Å². The van der Waals surface area contributed by atoms with E-state index < -0.39 is 5.41 Å². The van der Waals surface area contributed by atoms with Crippen LogP contribution in [-0.2, 0) is 0 Å². The van der Waals surface area contributed by atoms with E-state index in [2.05, 4.69) is 16.0 Å². The number of nitrogens with zero attached hydrogens (tertiary/aromatic N) is 3. The molecule has 1 atom stereocenters. The lowest BCUT2D eigenvalue weighted by Gasteiger charge is -2.37. The van der Waals surface area contributed by atoms with Gasteiger partial charge in [-0.05, 0) is 25.0 Å². The van der Waals surface area contributed by atoms with Gasteiger partial charge in [-0.3, -0.25) is 0 Å². The second-order valence-corrected chi connectivity index (χ2v) is 4.26. The third-order valence-corrected chi connectivity index (χ3v) is 3.09. The molecule has 1 aromatic heterocycles. The van der Waals surface area contributed by atoms with E-state index in [0.717, 1.165) is 25.2 Å². The summed E-state index contributed by atoms with van der Waals surface area (Å²) in [4.78, 5) is 6.34. The summed E-state index contributed by atoms with van der Waals surface area (Å²) in [6.45, 7) is 1.39. The van der Waals surface area contributed by atoms with Crippen molar-refractivity contribution >= 4 is 5.82 Å². The number of aliphatic hydroxyl groups is 1. The fourth-order valence-corrected chi connectivity index (χ4v) is 2.12. The maximum Gasteiger partial charge on any atom is 0.128 e. The summed E-state index contributed by atoms with van der Waals surface area (Å²) >= 11 is 0. The van der Waals surface area contributed by atoms with Crippen LogP contribution in [0.5, 0.6) is 0 Å². The third kappa shape index (κ3) is 2.00. The van der Waals surface area contributed by atoms with Gasteiger partial charge in [-0.2, -0.15) is 5.26 Å². The van der Waals surface area contributed by atoms with E-state index in [1.807, 2.05) is 18.2 Å². The van der Waals surface area contributed by atoms with Crippen molar-refractivity contribution in [1.29, 1.82) is 5.26 Å². The molecular formula is C12H15N3O. The van der Waals surface area contributed by atoms with Crippen molar-refractivity contribution in [2.24, 2.45) is 5.41 Å². The molecular weight excluding hydrogens is 202 g/mol. The highest BCUT2D eigenvalue weighted by molar-refractivity contribution is 5.39. The quantitative estimate of drug-likeness (QED) is 0.808. The molecule has 1 aliphatic heterocycles. The van der Waals surface area contributed by atoms with Crippen molar-refractivity contribution < 1.29 is 5.11 Å². The molecule has 84 valence electrons. The molecule has 0 saturated carbocycles. The minimum atomic E-state index is -0.615. The van der Waals surface area contributed by atoms with Gasteiger partial charge in [-0.25, -0.2) is 4.98 Å². The summed E-state index contributed by atoms with van der Waals surface area (Å²) in [6, 6.07) is 7.99. The first-order chi connectivity index (χ1) is 7.79. The van der Waals surface area contributed by atoms with Gasteiger partial charge in [-0.15, -0.1) is 0 Å². The van der Waals surface area contributed by atoms with Crippen LogP contribution in [0.2, 0.25) is 0 Å². The molecule has 0 amide bonds. The molecule has 16 heavy (non-hydrogen) atoms. The molecule has 0 aliphatic carbocycles. The summed E-state index contributed by atoms with van der Waals surface area (Å²) in [5, 5.41) is 18.5. The fourth-order valence-electron chi connectivity index (χ4n) is 2.12. The highest BCUT2D eigenvalue weighted by Crippen LogP contribution is 2.30. The number of rotatable bonds is 2. The zero-order chi connectivity index (χ0) is 11.4. The van der Waals surface area contributed by atoms with E-state index in [1.54, 1.807) is 6.20 Å². The van der Waals surface area contributed by atoms with Gasteiger partial charge < -0.3 is 10.0 Å². The zero-order valence-corrected chi connectivity index (χ0v) is 9.13. The Morgan fingerprint density at radius 2 is 2.44 bits per heavy atom. The summed E-state index contributed by atoms with van der Waals surface area (Å²) in [7, 11) is 0. The predicted molar refractivity (Wildman–Crippen MR) is 60.8 cm³/mol. The van der Waals surface area contributed by atoms with E-state index in [-0.39, 0.29) is 6.61 Å². The number of hydrogen-bond donors (Lipinski definition) is 1. The summed E-state index contributed by atoms with van der Waals surface area (Å²) in [5.74, 6) is 0.885. The predicted octanol–water partition coefficient (Wildman–Crippen LogP) is 1.18. The first-order valence-electron chi connectivity index (χ1n) is 5.48. The molecule has 4 nitrogen and oxygen atoms in total. The van der Waals surface area contributed by atoms with Crippen LogP contribution in [0.25, 0.3) is 0 Å². The van der Waals surface area contributed by atoms with Crippen molar-refractivity contribution in [3.63, 3.8) is 0 Å². The third-order valence-electron chi connectivity index (χ3n) is 3.09. The topological polar surface area (TPSA) is 60.1 Å². The first-order valence-corrected chi connectivity index (χ1v) is 5.48. The van der Waals surface area contributed by atoms with E-state index in [9.17, 15) is 5.11 Å². The van der Waals surface area contributed by atoms with E-state index in [0.29, 0.717) is 6.54 Å². The Kier molecular flexibility index (Phi) is 3.07. The Morgan fingerprint density at radius 3 is 3.06 bits per heavy atom. The molecule has 2 heterocycles. The van der Waals surface area contributed by atoms with Crippen LogP contribution in [0.3, 0.4) is 0 Å². The van der Waals surface area contributed by atoms with Gasteiger partial charge in [0.1, 0.15) is 5.82 Å². The summed E-state index contributed by atoms with van der Waals surface area (Å²) in [5.41, 5.74) is -0.615. The van der Waals surface area contributed by atoms with Crippen molar-refractivity contribution in [3.05, 3.63) is 24.4 Å². The molecule has 1 saturated heterocycles. The molecule has 0 bridgehead atoms. The summed E-state index contributed by atoms with van der Waals surface area (Å²) in [6.07, 6.45) is 3.44. The SMILES string of the molecule is N#CC1(CO)CCCN(c2ccccn2)C1. The first kappa shape index (κ1) is 10.9. The van der Waals surface area contributed by atoms with Gasteiger partial charge in [0.25, 0.3) is 0 Å². The van der Waals surface area contributed by atoms with Crippen LogP contribution in [0, 0.1) is 16.7 Å². The number of anilines is 1. The highest BCUT2D eigenvalue weighted by Gasteiger charge is 2.35. The molecule has 0 spiro atoms. The van der Waals surface area contributed by atoms with Crippen LogP contribution in [0.4, 0.5) is 5.82 Å². The van der Waals surface area contributed by atoms with E-state index in [4.69, 9.17) is 5.26 Å². The normalized spacial score (nSPS) is 25.1. The van der Waals surface area contributed by atoms with Crippen molar-refractivity contribution in [1.82, 2.24) is 4.98 Å². The molecule has 1 fully saturated rings. The van der Waals surface area contributed by atoms with E-state index in [1.165, 1.54) is 0 Å². The van der Waals surface area contributed by atoms with Crippen LogP contribution >= 0.6 is 0 Å². The van der Waals surface area contributed by atoms with Gasteiger partial charge in [0.15, 0.2) is 0 Å². The number of hydrogen-bond acceptors (Lipinski definition) is 4. The van der Waals surface area contributed by atoms with Crippen LogP contribution in [0.15, 0.2) is 24.4 Å². The molecule has 0 aromatic carbocycles. The Labute approximate surface area is 95.1 Å². The monoisotopic (exact) mass is 217 g/mol. The van der Waals surface area contributed by atoms with Crippen molar-refractivity contribution in [3.8, 4) is 6.07 Å². The second kappa shape index (κ2) is 4.50. The van der Waals surface area contributed by atoms with Crippen LogP contribution in [-0.4, -0.2) is 29.8 Å². The second-order valence-electron chi connectivity index (χ2n) is 4.26. The molecule has 0 radical (unpaired) electrons. The highest BCUT2D eigenvalue weighted by atomic mass is 16.3. The number of nitriles is 1. The average Bonchev–Trinajstić information content (AvgIpc) is 2.40. The number of piperidine rings is 1. The lowest BCUT2D eigenvalue weighted by Crippen LogP contribution is -2.45. The minimum absolute atomic E-state index is 0.0766. The molecule has 1 N–H and O–H groups in total. The van der Waals surface area contributed by atoms with Gasteiger partial charge in [0.2, 0.25) is 0 Å². The number of aromatic nitrogens is 1. The Bertz CT molecular complexity index is 387. The zero-order valence-electron chi connectivity index (χ0n) is 9.13. The molecule has 2 rings (SSSR count). The van der Waals surface area contributed by atoms with Crippen LogP contribution in [0.1, 0.15) is 12.8 Å². The maximum atomic E-state index is 9.34. The summed E-state index contributed by atoms with van der Waals surface area (Å²) < 4.78 is 0. The smallest absolute Gasteiger partial charge is 0.128 e. The maximum absolute atomic E-state index is 9.34. The number of aliphatic hydroxyl groups excluding tert-OH is 1. The van der Waals surface area contributed by atoms with Gasteiger partial charge in [0.05, 0.1) is 18.1 Å². The molecule has 1 unspecified atom stereocenters. The number of pyridine rings is 1. The van der Waals surface area contributed by atoms with Gasteiger partial charge in [-0.1, -0.05) is 6.07 Å². The lowest BCUT2D eigenvalue weighted by molar-refractivity contribution is 0.155. The largest absolute Gasteiger partial charge is 0.395 e. The van der Waals surface area contributed by atoms with E-state index >= 15 is 0 Å². The Hall–Kier alpha value is -1.60. The standard InChI is InChI=1S/C12H15N3O/c13-8-12(10-16)5-3-7-15(9-12)11-4-1-2-6-14-11/h1-2,4,6,16H,3,5,7,9-10H2. The van der Waals surface area contributed by atoms with Crippen molar-refractivity contribution in [2.45, 2.75) is 12.8 Å². The molecule has 1 aliphatic rings. The van der Waals surface area contributed by atoms with Crippen molar-refractivity contribution in [2.75, 3.05) is 24.6 Å². The fraction of sp³-hybridized carbons (Fsp3) is 0.500.